The second kappa shape index (κ2) is 9.49. The number of methoxy groups -OCH3 is 1. The van der Waals surface area contributed by atoms with Crippen molar-refractivity contribution in [2.24, 2.45) is 4.99 Å². The molecule has 0 radical (unpaired) electrons. The molecule has 0 unspecified atom stereocenters. The largest absolute Gasteiger partial charge is 0.481 e. The summed E-state index contributed by atoms with van der Waals surface area (Å²) in [5.74, 6) is 2.35. The zero-order chi connectivity index (χ0) is 17.2. The molecule has 0 atom stereocenters. The Hall–Kier alpha value is -2.64. The molecule has 8 heteroatoms. The molecule has 130 valence electrons. The Morgan fingerprint density at radius 3 is 2.96 bits per heavy atom. The van der Waals surface area contributed by atoms with E-state index >= 15 is 0 Å². The summed E-state index contributed by atoms with van der Waals surface area (Å²) in [6.45, 7) is 6.93. The Kier molecular flexibility index (Phi) is 7.00. The highest BCUT2D eigenvalue weighted by molar-refractivity contribution is 5.79. The third kappa shape index (κ3) is 4.94. The number of rotatable bonds is 8. The van der Waals surface area contributed by atoms with E-state index in [-0.39, 0.29) is 0 Å². The van der Waals surface area contributed by atoms with Gasteiger partial charge >= 0.3 is 0 Å². The molecule has 0 fully saturated rings. The molecule has 0 aliphatic carbocycles. The Bertz CT molecular complexity index is 653. The van der Waals surface area contributed by atoms with Crippen molar-refractivity contribution in [3.63, 3.8) is 0 Å². The van der Waals surface area contributed by atoms with Gasteiger partial charge in [0.2, 0.25) is 5.88 Å². The Balaban J connectivity index is 1.93. The van der Waals surface area contributed by atoms with Gasteiger partial charge in [-0.25, -0.2) is 9.98 Å². The number of ether oxygens (including phenoxy) is 1. The van der Waals surface area contributed by atoms with Crippen molar-refractivity contribution in [1.82, 2.24) is 30.4 Å². The molecular weight excluding hydrogens is 306 g/mol. The molecule has 0 saturated heterocycles. The van der Waals surface area contributed by atoms with Gasteiger partial charge in [-0.15, -0.1) is 10.2 Å². The number of guanidine groups is 1. The molecule has 0 aliphatic heterocycles. The van der Waals surface area contributed by atoms with Gasteiger partial charge in [0.15, 0.2) is 5.96 Å². The topological polar surface area (TPSA) is 89.3 Å². The summed E-state index contributed by atoms with van der Waals surface area (Å²) in [6.07, 6.45) is 4.33. The van der Waals surface area contributed by atoms with E-state index in [0.29, 0.717) is 12.4 Å². The van der Waals surface area contributed by atoms with Gasteiger partial charge in [0, 0.05) is 37.8 Å². The van der Waals surface area contributed by atoms with Gasteiger partial charge in [-0.05, 0) is 13.0 Å². The molecule has 24 heavy (non-hydrogen) atoms. The van der Waals surface area contributed by atoms with Crippen LogP contribution in [-0.4, -0.2) is 45.9 Å². The highest BCUT2D eigenvalue weighted by Crippen LogP contribution is 2.14. The van der Waals surface area contributed by atoms with Crippen LogP contribution in [0.15, 0.2) is 29.6 Å². The maximum atomic E-state index is 5.25. The molecule has 2 aromatic heterocycles. The van der Waals surface area contributed by atoms with Gasteiger partial charge in [-0.2, -0.15) is 0 Å². The van der Waals surface area contributed by atoms with E-state index < -0.39 is 0 Å². The minimum atomic E-state index is 0.499. The summed E-state index contributed by atoms with van der Waals surface area (Å²) in [5.41, 5.74) is 0.948. The lowest BCUT2D eigenvalue weighted by Crippen LogP contribution is -2.38. The van der Waals surface area contributed by atoms with Crippen molar-refractivity contribution in [3.05, 3.63) is 36.0 Å². The van der Waals surface area contributed by atoms with Crippen LogP contribution >= 0.6 is 0 Å². The van der Waals surface area contributed by atoms with E-state index in [1.54, 1.807) is 19.6 Å². The fraction of sp³-hybridized carbons (Fsp3) is 0.500. The van der Waals surface area contributed by atoms with Crippen LogP contribution in [0.4, 0.5) is 0 Å². The van der Waals surface area contributed by atoms with Crippen LogP contribution in [0, 0.1) is 0 Å². The quantitative estimate of drug-likeness (QED) is 0.554. The molecule has 0 aliphatic rings. The second-order valence-corrected chi connectivity index (χ2v) is 5.09. The number of hydrogen-bond acceptors (Lipinski definition) is 5. The lowest BCUT2D eigenvalue weighted by atomic mass is 10.3. The lowest BCUT2D eigenvalue weighted by molar-refractivity contribution is 0.392. The summed E-state index contributed by atoms with van der Waals surface area (Å²) < 4.78 is 7.30. The van der Waals surface area contributed by atoms with Crippen LogP contribution in [0.3, 0.4) is 0 Å². The number of aryl methyl sites for hydroxylation is 1. The molecule has 2 N–H and O–H groups in total. The van der Waals surface area contributed by atoms with Gasteiger partial charge in [0.05, 0.1) is 13.7 Å². The first kappa shape index (κ1) is 17.7. The molecular formula is C16H25N7O. The number of nitrogens with zero attached hydrogens (tertiary/aromatic N) is 5. The van der Waals surface area contributed by atoms with Gasteiger partial charge < -0.3 is 19.9 Å². The van der Waals surface area contributed by atoms with E-state index in [2.05, 4.69) is 37.7 Å². The zero-order valence-electron chi connectivity index (χ0n) is 14.5. The summed E-state index contributed by atoms with van der Waals surface area (Å²) in [6, 6.07) is 3.84. The maximum absolute atomic E-state index is 5.25. The third-order valence-corrected chi connectivity index (χ3v) is 3.45. The van der Waals surface area contributed by atoms with E-state index in [4.69, 9.17) is 4.74 Å². The summed E-state index contributed by atoms with van der Waals surface area (Å²) in [7, 11) is 1.61. The zero-order valence-corrected chi connectivity index (χ0v) is 14.5. The number of hydrogen-bond donors (Lipinski definition) is 2. The van der Waals surface area contributed by atoms with Gasteiger partial charge in [0.1, 0.15) is 12.2 Å². The molecule has 0 saturated carbocycles. The lowest BCUT2D eigenvalue weighted by Gasteiger charge is -2.12. The first-order chi connectivity index (χ1) is 11.8. The van der Waals surface area contributed by atoms with E-state index in [0.717, 1.165) is 43.4 Å². The standard InChI is InChI=1S/C16H25N7O/c1-4-14-22-21-12-23(14)10-9-19-16(17-5-2)20-11-13-7-6-8-18-15(13)24-3/h6-8,12H,4-5,9-11H2,1-3H3,(H2,17,19,20). The predicted octanol–water partition coefficient (Wildman–Crippen LogP) is 0.999. The highest BCUT2D eigenvalue weighted by Gasteiger charge is 2.04. The molecule has 0 amide bonds. The summed E-state index contributed by atoms with van der Waals surface area (Å²) in [5, 5.41) is 14.6. The molecule has 0 spiro atoms. The van der Waals surface area contributed by atoms with Crippen LogP contribution in [0.25, 0.3) is 0 Å². The average Bonchev–Trinajstić information content (AvgIpc) is 3.07. The van der Waals surface area contributed by atoms with Crippen LogP contribution in [0.5, 0.6) is 5.88 Å². The SMILES string of the molecule is CCNC(=NCc1cccnc1OC)NCCn1cnnc1CC. The normalized spacial score (nSPS) is 11.4. The van der Waals surface area contributed by atoms with Crippen molar-refractivity contribution in [1.29, 1.82) is 0 Å². The first-order valence-electron chi connectivity index (χ1n) is 8.15. The van der Waals surface area contributed by atoms with Gasteiger partial charge in [0.25, 0.3) is 0 Å². The van der Waals surface area contributed by atoms with Crippen LogP contribution in [-0.2, 0) is 19.5 Å². The van der Waals surface area contributed by atoms with E-state index in [1.165, 1.54) is 0 Å². The van der Waals surface area contributed by atoms with Gasteiger partial charge in [-0.3, -0.25) is 0 Å². The van der Waals surface area contributed by atoms with Crippen LogP contribution in [0.2, 0.25) is 0 Å². The van der Waals surface area contributed by atoms with Crippen molar-refractivity contribution >= 4 is 5.96 Å². The smallest absolute Gasteiger partial charge is 0.218 e. The van der Waals surface area contributed by atoms with Crippen LogP contribution < -0.4 is 15.4 Å². The van der Waals surface area contributed by atoms with Crippen molar-refractivity contribution in [2.75, 3.05) is 20.2 Å². The third-order valence-electron chi connectivity index (χ3n) is 3.45. The van der Waals surface area contributed by atoms with E-state index in [9.17, 15) is 0 Å². The molecule has 0 bridgehead atoms. The molecule has 2 rings (SSSR count). The number of aliphatic imine (C=N–C) groups is 1. The molecule has 8 nitrogen and oxygen atoms in total. The van der Waals surface area contributed by atoms with Gasteiger partial charge in [-0.1, -0.05) is 13.0 Å². The summed E-state index contributed by atoms with van der Waals surface area (Å²) >= 11 is 0. The Labute approximate surface area is 142 Å². The average molecular weight is 331 g/mol. The minimum absolute atomic E-state index is 0.499. The Morgan fingerprint density at radius 2 is 2.21 bits per heavy atom. The first-order valence-corrected chi connectivity index (χ1v) is 8.15. The monoisotopic (exact) mass is 331 g/mol. The fourth-order valence-electron chi connectivity index (χ4n) is 2.27. The maximum Gasteiger partial charge on any atom is 0.218 e. The number of aromatic nitrogens is 4. The summed E-state index contributed by atoms with van der Waals surface area (Å²) in [4.78, 5) is 8.77. The minimum Gasteiger partial charge on any atom is -0.481 e. The van der Waals surface area contributed by atoms with Crippen molar-refractivity contribution in [3.8, 4) is 5.88 Å². The predicted molar refractivity (Wildman–Crippen MR) is 93.0 cm³/mol. The molecule has 2 heterocycles. The number of pyridine rings is 1. The fourth-order valence-corrected chi connectivity index (χ4v) is 2.27. The molecule has 2 aromatic rings. The van der Waals surface area contributed by atoms with Crippen LogP contribution in [0.1, 0.15) is 25.2 Å². The highest BCUT2D eigenvalue weighted by atomic mass is 16.5. The second-order valence-electron chi connectivity index (χ2n) is 5.09. The molecule has 0 aromatic carbocycles. The Morgan fingerprint density at radius 1 is 1.33 bits per heavy atom. The number of nitrogens with one attached hydrogen (secondary N) is 2. The van der Waals surface area contributed by atoms with E-state index in [1.807, 2.05) is 23.6 Å². The van der Waals surface area contributed by atoms with Crippen molar-refractivity contribution < 1.29 is 4.74 Å². The van der Waals surface area contributed by atoms with Crippen molar-refractivity contribution in [2.45, 2.75) is 33.4 Å².